The predicted octanol–water partition coefficient (Wildman–Crippen LogP) is 0.826. The van der Waals surface area contributed by atoms with Crippen molar-refractivity contribution in [3.8, 4) is 0 Å². The average molecular weight is 216 g/mol. The molecule has 1 N–H and O–H groups in total. The van der Waals surface area contributed by atoms with Crippen molar-refractivity contribution < 1.29 is 18.3 Å². The number of carbonyl (C=O) groups is 1. The topological polar surface area (TPSA) is 38.3 Å². The van der Waals surface area contributed by atoms with Crippen LogP contribution in [-0.4, -0.2) is 32.1 Å². The third kappa shape index (κ3) is 3.08. The van der Waals surface area contributed by atoms with Gasteiger partial charge in [-0.15, -0.1) is 12.4 Å². The lowest BCUT2D eigenvalue weighted by molar-refractivity contribution is -0.144. The highest BCUT2D eigenvalue weighted by molar-refractivity contribution is 5.85. The van der Waals surface area contributed by atoms with Crippen LogP contribution in [0.5, 0.6) is 0 Å². The second-order valence-corrected chi connectivity index (χ2v) is 2.87. The quantitative estimate of drug-likeness (QED) is 0.694. The van der Waals surface area contributed by atoms with Gasteiger partial charge in [-0.25, -0.2) is 8.78 Å². The zero-order valence-corrected chi connectivity index (χ0v) is 8.00. The van der Waals surface area contributed by atoms with Gasteiger partial charge in [-0.3, -0.25) is 4.79 Å². The molecular formula is C7H12ClF2NO2. The van der Waals surface area contributed by atoms with Gasteiger partial charge in [0.1, 0.15) is 0 Å². The standard InChI is InChI=1S/C7H11F2NO2.ClH/c1-12-6(11)2-5-3-10-4-7(5,8)9;/h5,10H,2-4H2,1H3;1H. The normalized spacial score (nSPS) is 25.0. The molecule has 1 aliphatic heterocycles. The van der Waals surface area contributed by atoms with Crippen LogP contribution in [-0.2, 0) is 9.53 Å². The van der Waals surface area contributed by atoms with Crippen LogP contribution in [0.15, 0.2) is 0 Å². The molecule has 0 bridgehead atoms. The summed E-state index contributed by atoms with van der Waals surface area (Å²) in [6.07, 6.45) is -0.212. The van der Waals surface area contributed by atoms with E-state index in [0.717, 1.165) is 0 Å². The van der Waals surface area contributed by atoms with Crippen LogP contribution in [0, 0.1) is 5.92 Å². The Morgan fingerprint density at radius 3 is 2.69 bits per heavy atom. The average Bonchev–Trinajstić information content (AvgIpc) is 2.31. The maximum atomic E-state index is 12.8. The lowest BCUT2D eigenvalue weighted by Gasteiger charge is -2.15. The molecule has 0 aliphatic carbocycles. The van der Waals surface area contributed by atoms with Gasteiger partial charge in [-0.2, -0.15) is 0 Å². The van der Waals surface area contributed by atoms with Gasteiger partial charge in [-0.1, -0.05) is 0 Å². The van der Waals surface area contributed by atoms with Gasteiger partial charge in [0.2, 0.25) is 0 Å². The van der Waals surface area contributed by atoms with Crippen LogP contribution in [0.25, 0.3) is 0 Å². The molecular weight excluding hydrogens is 204 g/mol. The Morgan fingerprint density at radius 1 is 1.69 bits per heavy atom. The fourth-order valence-corrected chi connectivity index (χ4v) is 1.21. The molecule has 0 spiro atoms. The van der Waals surface area contributed by atoms with E-state index in [4.69, 9.17) is 0 Å². The minimum atomic E-state index is -2.77. The Kier molecular flexibility index (Phi) is 4.56. The van der Waals surface area contributed by atoms with Crippen LogP contribution < -0.4 is 5.32 Å². The van der Waals surface area contributed by atoms with E-state index >= 15 is 0 Å². The highest BCUT2D eigenvalue weighted by Gasteiger charge is 2.44. The largest absolute Gasteiger partial charge is 0.469 e. The fraction of sp³-hybridized carbons (Fsp3) is 0.857. The number of ether oxygens (including phenoxy) is 1. The smallest absolute Gasteiger partial charge is 0.306 e. The zero-order valence-electron chi connectivity index (χ0n) is 7.18. The molecule has 1 fully saturated rings. The summed E-state index contributed by atoms with van der Waals surface area (Å²) in [6, 6.07) is 0. The van der Waals surface area contributed by atoms with E-state index in [1.165, 1.54) is 7.11 Å². The molecule has 0 aromatic heterocycles. The fourth-order valence-electron chi connectivity index (χ4n) is 1.21. The van der Waals surface area contributed by atoms with Gasteiger partial charge >= 0.3 is 5.97 Å². The number of methoxy groups -OCH3 is 1. The van der Waals surface area contributed by atoms with E-state index in [1.807, 2.05) is 0 Å². The molecule has 78 valence electrons. The minimum Gasteiger partial charge on any atom is -0.469 e. The van der Waals surface area contributed by atoms with Crippen molar-refractivity contribution >= 4 is 18.4 Å². The molecule has 0 amide bonds. The van der Waals surface area contributed by atoms with Crippen molar-refractivity contribution in [2.24, 2.45) is 5.92 Å². The van der Waals surface area contributed by atoms with Crippen LogP contribution >= 0.6 is 12.4 Å². The third-order valence-corrected chi connectivity index (χ3v) is 1.99. The van der Waals surface area contributed by atoms with E-state index in [2.05, 4.69) is 10.1 Å². The summed E-state index contributed by atoms with van der Waals surface area (Å²) >= 11 is 0. The SMILES string of the molecule is COC(=O)CC1CNCC1(F)F.Cl. The van der Waals surface area contributed by atoms with Crippen LogP contribution in [0.1, 0.15) is 6.42 Å². The molecule has 0 aromatic carbocycles. The Hall–Kier alpha value is -0.420. The molecule has 1 rings (SSSR count). The summed E-state index contributed by atoms with van der Waals surface area (Å²) in [4.78, 5) is 10.7. The molecule has 3 nitrogen and oxygen atoms in total. The first-order valence-corrected chi connectivity index (χ1v) is 3.71. The number of carbonyl (C=O) groups excluding carboxylic acids is 1. The van der Waals surface area contributed by atoms with Crippen molar-refractivity contribution in [2.45, 2.75) is 12.3 Å². The Labute approximate surface area is 81.2 Å². The number of nitrogens with one attached hydrogen (secondary N) is 1. The second kappa shape index (κ2) is 4.72. The van der Waals surface area contributed by atoms with Crippen molar-refractivity contribution in [2.75, 3.05) is 20.2 Å². The zero-order chi connectivity index (χ0) is 9.19. The van der Waals surface area contributed by atoms with E-state index in [1.54, 1.807) is 0 Å². The van der Waals surface area contributed by atoms with Gasteiger partial charge in [-0.05, 0) is 0 Å². The van der Waals surface area contributed by atoms with E-state index in [-0.39, 0.29) is 31.9 Å². The molecule has 13 heavy (non-hydrogen) atoms. The van der Waals surface area contributed by atoms with Gasteiger partial charge in [0, 0.05) is 12.5 Å². The Morgan fingerprint density at radius 2 is 2.31 bits per heavy atom. The molecule has 0 radical (unpaired) electrons. The van der Waals surface area contributed by atoms with Gasteiger partial charge in [0.05, 0.1) is 20.1 Å². The van der Waals surface area contributed by atoms with Crippen LogP contribution in [0.3, 0.4) is 0 Å². The summed E-state index contributed by atoms with van der Waals surface area (Å²) < 4.78 is 30.0. The van der Waals surface area contributed by atoms with Crippen molar-refractivity contribution in [3.63, 3.8) is 0 Å². The Bertz CT molecular complexity index is 189. The molecule has 0 aromatic rings. The first-order valence-electron chi connectivity index (χ1n) is 3.71. The molecule has 0 saturated carbocycles. The number of hydrogen-bond donors (Lipinski definition) is 1. The van der Waals surface area contributed by atoms with E-state index in [9.17, 15) is 13.6 Å². The molecule has 1 aliphatic rings. The number of halogens is 3. The number of rotatable bonds is 2. The van der Waals surface area contributed by atoms with Crippen LogP contribution in [0.2, 0.25) is 0 Å². The number of hydrogen-bond acceptors (Lipinski definition) is 3. The summed E-state index contributed by atoms with van der Waals surface area (Å²) in [6.45, 7) is -0.156. The van der Waals surface area contributed by atoms with Crippen molar-refractivity contribution in [1.29, 1.82) is 0 Å². The maximum Gasteiger partial charge on any atom is 0.306 e. The van der Waals surface area contributed by atoms with Crippen molar-refractivity contribution in [3.05, 3.63) is 0 Å². The van der Waals surface area contributed by atoms with E-state index in [0.29, 0.717) is 0 Å². The molecule has 1 unspecified atom stereocenters. The number of alkyl halides is 2. The lowest BCUT2D eigenvalue weighted by atomic mass is 10.0. The summed E-state index contributed by atoms with van der Waals surface area (Å²) in [5, 5.41) is 2.53. The predicted molar refractivity (Wildman–Crippen MR) is 45.2 cm³/mol. The highest BCUT2D eigenvalue weighted by Crippen LogP contribution is 2.30. The monoisotopic (exact) mass is 215 g/mol. The first kappa shape index (κ1) is 12.6. The lowest BCUT2D eigenvalue weighted by Crippen LogP contribution is -2.28. The second-order valence-electron chi connectivity index (χ2n) is 2.87. The van der Waals surface area contributed by atoms with Gasteiger partial charge < -0.3 is 10.1 Å². The third-order valence-electron chi connectivity index (χ3n) is 1.99. The maximum absolute atomic E-state index is 12.8. The van der Waals surface area contributed by atoms with Gasteiger partial charge in [0.25, 0.3) is 5.92 Å². The highest BCUT2D eigenvalue weighted by atomic mass is 35.5. The summed E-state index contributed by atoms with van der Waals surface area (Å²) in [5.74, 6) is -4.26. The first-order chi connectivity index (χ1) is 5.56. The van der Waals surface area contributed by atoms with Crippen LogP contribution in [0.4, 0.5) is 8.78 Å². The number of esters is 1. The molecule has 1 saturated heterocycles. The van der Waals surface area contributed by atoms with Crippen molar-refractivity contribution in [1.82, 2.24) is 5.32 Å². The van der Waals surface area contributed by atoms with E-state index < -0.39 is 17.8 Å². The minimum absolute atomic E-state index is 0. The summed E-state index contributed by atoms with van der Waals surface area (Å²) in [5.41, 5.74) is 0. The van der Waals surface area contributed by atoms with Gasteiger partial charge in [0.15, 0.2) is 0 Å². The molecule has 1 heterocycles. The molecule has 1 atom stereocenters. The molecule has 6 heteroatoms. The Balaban J connectivity index is 0.00000144. The summed E-state index contributed by atoms with van der Waals surface area (Å²) in [7, 11) is 1.20.